The number of halogens is 3. The van der Waals surface area contributed by atoms with Crippen molar-refractivity contribution in [2.75, 3.05) is 13.1 Å². The number of guanidine groups is 1. The van der Waals surface area contributed by atoms with Crippen LogP contribution in [0.3, 0.4) is 0 Å². The summed E-state index contributed by atoms with van der Waals surface area (Å²) in [5.74, 6) is 1.61. The maximum Gasteiger partial charge on any atom is 0.191 e. The van der Waals surface area contributed by atoms with E-state index >= 15 is 0 Å². The average molecular weight is 559 g/mol. The molecule has 30 heavy (non-hydrogen) atoms. The first-order valence-electron chi connectivity index (χ1n) is 9.55. The highest BCUT2D eigenvalue weighted by atomic mass is 127. The number of imidazole rings is 1. The summed E-state index contributed by atoms with van der Waals surface area (Å²) in [5, 5.41) is 8.02. The Morgan fingerprint density at radius 2 is 2.00 bits per heavy atom. The zero-order chi connectivity index (χ0) is 20.5. The molecule has 1 aromatic carbocycles. The van der Waals surface area contributed by atoms with Gasteiger partial charge in [-0.1, -0.05) is 29.3 Å². The number of nitrogens with one attached hydrogen (secondary N) is 2. The third-order valence-electron chi connectivity index (χ3n) is 4.27. The second-order valence-corrected chi connectivity index (χ2v) is 7.30. The largest absolute Gasteiger partial charge is 0.357 e. The Balaban J connectivity index is 0.00000320. The summed E-state index contributed by atoms with van der Waals surface area (Å²) in [6.07, 6.45) is 8.93. The molecule has 3 aromatic rings. The first-order chi connectivity index (χ1) is 14.2. The quantitative estimate of drug-likeness (QED) is 0.179. The van der Waals surface area contributed by atoms with Crippen molar-refractivity contribution in [1.29, 1.82) is 0 Å². The van der Waals surface area contributed by atoms with Gasteiger partial charge in [0.2, 0.25) is 0 Å². The maximum absolute atomic E-state index is 6.24. The van der Waals surface area contributed by atoms with Crippen LogP contribution in [0.15, 0.2) is 60.2 Å². The second-order valence-electron chi connectivity index (χ2n) is 6.45. The Morgan fingerprint density at radius 3 is 2.73 bits per heavy atom. The number of aromatic nitrogens is 3. The fraction of sp³-hybridized carbons (Fsp3) is 0.286. The van der Waals surface area contributed by atoms with Gasteiger partial charge < -0.3 is 10.6 Å². The van der Waals surface area contributed by atoms with Crippen molar-refractivity contribution in [2.24, 2.45) is 4.99 Å². The molecule has 0 aliphatic rings. The molecule has 0 spiro atoms. The van der Waals surface area contributed by atoms with Crippen LogP contribution in [0.1, 0.15) is 24.5 Å². The van der Waals surface area contributed by atoms with Gasteiger partial charge in [0.15, 0.2) is 5.96 Å². The Hall–Kier alpha value is -1.84. The lowest BCUT2D eigenvalue weighted by Gasteiger charge is -2.12. The molecule has 0 saturated heterocycles. The lowest BCUT2D eigenvalue weighted by atomic mass is 10.1. The molecule has 0 saturated carbocycles. The maximum atomic E-state index is 6.24. The zero-order valence-corrected chi connectivity index (χ0v) is 20.5. The van der Waals surface area contributed by atoms with E-state index in [1.807, 2.05) is 42.0 Å². The summed E-state index contributed by atoms with van der Waals surface area (Å²) in [6, 6.07) is 9.61. The van der Waals surface area contributed by atoms with Crippen molar-refractivity contribution in [3.63, 3.8) is 0 Å². The summed E-state index contributed by atoms with van der Waals surface area (Å²) >= 11 is 12.2. The van der Waals surface area contributed by atoms with Crippen molar-refractivity contribution >= 4 is 53.1 Å². The number of rotatable bonds is 8. The van der Waals surface area contributed by atoms with Gasteiger partial charge in [-0.15, -0.1) is 24.0 Å². The molecule has 0 unspecified atom stereocenters. The van der Waals surface area contributed by atoms with Crippen LogP contribution >= 0.6 is 47.2 Å². The van der Waals surface area contributed by atoms with Crippen molar-refractivity contribution in [3.05, 3.63) is 76.4 Å². The molecule has 2 aromatic heterocycles. The highest BCUT2D eigenvalue weighted by molar-refractivity contribution is 14.0. The molecule has 0 aliphatic carbocycles. The number of hydrogen-bond acceptors (Lipinski definition) is 3. The highest BCUT2D eigenvalue weighted by Crippen LogP contribution is 2.21. The lowest BCUT2D eigenvalue weighted by Crippen LogP contribution is -2.37. The number of aliphatic imine (C=N–C) groups is 1. The van der Waals surface area contributed by atoms with Gasteiger partial charge in [0.1, 0.15) is 12.1 Å². The predicted octanol–water partition coefficient (Wildman–Crippen LogP) is 4.88. The van der Waals surface area contributed by atoms with Crippen LogP contribution in [0.4, 0.5) is 0 Å². The standard InChI is InChI=1S/C21H24Cl2N6.HI/c1-2-25-21(27-8-3-4-17-5-6-18(22)13-19(17)23)28-14-16-7-9-26-20(12-16)29-11-10-24-15-29;/h5-7,9-13,15H,2-4,8,14H2,1H3,(H2,25,27,28);1H. The lowest BCUT2D eigenvalue weighted by molar-refractivity contribution is 0.743. The number of benzene rings is 1. The molecule has 2 N–H and O–H groups in total. The van der Waals surface area contributed by atoms with Crippen LogP contribution in [-0.2, 0) is 13.0 Å². The summed E-state index contributed by atoms with van der Waals surface area (Å²) in [7, 11) is 0. The van der Waals surface area contributed by atoms with E-state index in [1.165, 1.54) is 0 Å². The van der Waals surface area contributed by atoms with E-state index < -0.39 is 0 Å². The van der Waals surface area contributed by atoms with E-state index in [9.17, 15) is 0 Å². The van der Waals surface area contributed by atoms with Gasteiger partial charge in [-0.05, 0) is 55.2 Å². The molecule has 9 heteroatoms. The third-order valence-corrected chi connectivity index (χ3v) is 4.86. The Bertz CT molecular complexity index is 946. The van der Waals surface area contributed by atoms with Crippen LogP contribution < -0.4 is 10.6 Å². The highest BCUT2D eigenvalue weighted by Gasteiger charge is 2.03. The molecule has 0 atom stereocenters. The number of pyridine rings is 1. The molecule has 0 fully saturated rings. The van der Waals surface area contributed by atoms with E-state index in [0.29, 0.717) is 16.6 Å². The minimum Gasteiger partial charge on any atom is -0.357 e. The van der Waals surface area contributed by atoms with Gasteiger partial charge in [-0.3, -0.25) is 4.57 Å². The number of hydrogen-bond donors (Lipinski definition) is 2. The van der Waals surface area contributed by atoms with Crippen molar-refractivity contribution in [1.82, 2.24) is 25.2 Å². The van der Waals surface area contributed by atoms with E-state index in [1.54, 1.807) is 24.8 Å². The molecular formula is C21H25Cl2IN6. The van der Waals surface area contributed by atoms with Gasteiger partial charge in [0, 0.05) is 41.7 Å². The van der Waals surface area contributed by atoms with Gasteiger partial charge in [0.25, 0.3) is 0 Å². The summed E-state index contributed by atoms with van der Waals surface area (Å²) in [5.41, 5.74) is 2.18. The summed E-state index contributed by atoms with van der Waals surface area (Å²) in [4.78, 5) is 13.1. The average Bonchev–Trinajstić information content (AvgIpc) is 3.26. The van der Waals surface area contributed by atoms with Gasteiger partial charge >= 0.3 is 0 Å². The SMILES string of the molecule is CCNC(=NCc1ccnc(-n2ccnc2)c1)NCCCc1ccc(Cl)cc1Cl.I. The van der Waals surface area contributed by atoms with Crippen molar-refractivity contribution < 1.29 is 0 Å². The van der Waals surface area contributed by atoms with E-state index in [2.05, 4.69) is 25.6 Å². The Labute approximate surface area is 204 Å². The summed E-state index contributed by atoms with van der Waals surface area (Å²) in [6.45, 7) is 4.20. The van der Waals surface area contributed by atoms with Crippen LogP contribution in [0.2, 0.25) is 10.0 Å². The molecule has 0 bridgehead atoms. The Kier molecular flexibility index (Phi) is 10.4. The van der Waals surface area contributed by atoms with Gasteiger partial charge in [-0.2, -0.15) is 0 Å². The van der Waals surface area contributed by atoms with E-state index in [0.717, 1.165) is 48.8 Å². The zero-order valence-electron chi connectivity index (χ0n) is 16.7. The monoisotopic (exact) mass is 558 g/mol. The minimum atomic E-state index is 0. The first-order valence-corrected chi connectivity index (χ1v) is 10.3. The fourth-order valence-corrected chi connectivity index (χ4v) is 3.32. The van der Waals surface area contributed by atoms with Crippen LogP contribution in [0.5, 0.6) is 0 Å². The van der Waals surface area contributed by atoms with Crippen molar-refractivity contribution in [2.45, 2.75) is 26.3 Å². The molecule has 2 heterocycles. The molecule has 0 aliphatic heterocycles. The molecule has 6 nitrogen and oxygen atoms in total. The van der Waals surface area contributed by atoms with E-state index in [-0.39, 0.29) is 24.0 Å². The molecule has 3 rings (SSSR count). The normalized spacial score (nSPS) is 11.1. The van der Waals surface area contributed by atoms with Crippen LogP contribution in [0.25, 0.3) is 5.82 Å². The van der Waals surface area contributed by atoms with Gasteiger partial charge in [-0.25, -0.2) is 15.0 Å². The van der Waals surface area contributed by atoms with Gasteiger partial charge in [0.05, 0.1) is 6.54 Å². The smallest absolute Gasteiger partial charge is 0.191 e. The molecule has 160 valence electrons. The predicted molar refractivity (Wildman–Crippen MR) is 134 cm³/mol. The first kappa shape index (κ1) is 24.4. The van der Waals surface area contributed by atoms with Crippen LogP contribution in [-0.4, -0.2) is 33.6 Å². The Morgan fingerprint density at radius 1 is 1.13 bits per heavy atom. The number of aryl methyl sites for hydroxylation is 1. The molecular weight excluding hydrogens is 534 g/mol. The molecule has 0 radical (unpaired) electrons. The number of nitrogens with zero attached hydrogens (tertiary/aromatic N) is 4. The minimum absolute atomic E-state index is 0. The summed E-state index contributed by atoms with van der Waals surface area (Å²) < 4.78 is 1.87. The van der Waals surface area contributed by atoms with Crippen molar-refractivity contribution in [3.8, 4) is 5.82 Å². The topological polar surface area (TPSA) is 67.1 Å². The fourth-order valence-electron chi connectivity index (χ4n) is 2.82. The third kappa shape index (κ3) is 7.45. The van der Waals surface area contributed by atoms with E-state index in [4.69, 9.17) is 23.2 Å². The second kappa shape index (κ2) is 12.8. The molecule has 0 amide bonds. The van der Waals surface area contributed by atoms with Crippen LogP contribution in [0, 0.1) is 0 Å².